The van der Waals surface area contributed by atoms with E-state index >= 15 is 0 Å². The van der Waals surface area contributed by atoms with Crippen LogP contribution in [0.15, 0.2) is 23.3 Å². The Morgan fingerprint density at radius 1 is 1.25 bits per heavy atom. The third-order valence-electron chi connectivity index (χ3n) is 5.93. The molecule has 1 atom stereocenters. The second-order valence-electron chi connectivity index (χ2n) is 8.24. The van der Waals surface area contributed by atoms with Crippen molar-refractivity contribution in [3.63, 3.8) is 0 Å². The largest absolute Gasteiger partial charge is 0.357 e. The lowest BCUT2D eigenvalue weighted by Crippen LogP contribution is -2.44. The van der Waals surface area contributed by atoms with Crippen LogP contribution in [0.3, 0.4) is 0 Å². The van der Waals surface area contributed by atoms with Gasteiger partial charge < -0.3 is 20.1 Å². The van der Waals surface area contributed by atoms with E-state index in [0.29, 0.717) is 11.1 Å². The van der Waals surface area contributed by atoms with Gasteiger partial charge in [-0.15, -0.1) is 34.2 Å². The predicted octanol–water partition coefficient (Wildman–Crippen LogP) is 3.44. The minimum Gasteiger partial charge on any atom is -0.357 e. The Morgan fingerprint density at radius 3 is 3.00 bits per heavy atom. The Kier molecular flexibility index (Phi) is 9.83. The summed E-state index contributed by atoms with van der Waals surface area (Å²) in [5.41, 5.74) is 0. The van der Waals surface area contributed by atoms with Gasteiger partial charge in [0.1, 0.15) is 17.5 Å². The lowest BCUT2D eigenvalue weighted by molar-refractivity contribution is 0.596. The summed E-state index contributed by atoms with van der Waals surface area (Å²) in [6.07, 6.45) is 9.51. The number of aryl methyl sites for hydroxylation is 2. The summed E-state index contributed by atoms with van der Waals surface area (Å²) >= 11 is 6.32. The van der Waals surface area contributed by atoms with Crippen LogP contribution < -0.4 is 15.5 Å². The van der Waals surface area contributed by atoms with E-state index < -0.39 is 0 Å². The molecule has 0 saturated carbocycles. The molecule has 0 aromatic carbocycles. The van der Waals surface area contributed by atoms with E-state index in [4.69, 9.17) is 16.6 Å². The molecular weight excluding hydrogens is 539 g/mol. The zero-order valence-electron chi connectivity index (χ0n) is 18.8. The quantitative estimate of drug-likeness (QED) is 0.229. The maximum Gasteiger partial charge on any atom is 0.191 e. The summed E-state index contributed by atoms with van der Waals surface area (Å²) in [7, 11) is 0. The highest BCUT2D eigenvalue weighted by Crippen LogP contribution is 2.25. The van der Waals surface area contributed by atoms with Crippen molar-refractivity contribution >= 4 is 47.4 Å². The molecule has 10 heteroatoms. The van der Waals surface area contributed by atoms with Gasteiger partial charge in [-0.1, -0.05) is 18.0 Å². The molecular formula is C22H34ClIN8. The molecule has 0 bridgehead atoms. The molecule has 176 valence electrons. The number of aliphatic imine (C=N–C) groups is 1. The topological polar surface area (TPSA) is 83.3 Å². The van der Waals surface area contributed by atoms with Crippen LogP contribution in [0.5, 0.6) is 0 Å². The fraction of sp³-hybridized carbons (Fsp3) is 0.636. The number of fused-ring (bicyclic) bond motifs is 1. The molecule has 2 aromatic heterocycles. The standard InChI is InChI=1S/C22H33ClN8.HI/c1-2-24-22(27-17-11-15-30(16-17)21-18(23)8-6-12-25-21)26-13-7-10-20-29-28-19-9-4-3-5-14-31(19)20;/h6,8,12,17H,2-5,7,9-11,13-16H2,1H3,(H2,24,26,27);1H. The molecule has 2 aliphatic rings. The van der Waals surface area contributed by atoms with E-state index in [1.165, 1.54) is 19.3 Å². The van der Waals surface area contributed by atoms with Gasteiger partial charge in [-0.25, -0.2) is 4.98 Å². The monoisotopic (exact) mass is 572 g/mol. The normalized spacial score (nSPS) is 18.6. The van der Waals surface area contributed by atoms with Crippen molar-refractivity contribution in [3.8, 4) is 0 Å². The van der Waals surface area contributed by atoms with Crippen LogP contribution in [0.2, 0.25) is 5.02 Å². The van der Waals surface area contributed by atoms with Gasteiger partial charge in [0.05, 0.1) is 5.02 Å². The number of nitrogens with zero attached hydrogens (tertiary/aromatic N) is 6. The molecule has 0 spiro atoms. The zero-order valence-corrected chi connectivity index (χ0v) is 21.9. The van der Waals surface area contributed by atoms with Crippen LogP contribution in [-0.4, -0.2) is 57.9 Å². The maximum atomic E-state index is 6.32. The number of guanidine groups is 1. The van der Waals surface area contributed by atoms with Crippen molar-refractivity contribution in [2.45, 2.75) is 64.5 Å². The molecule has 0 radical (unpaired) electrons. The van der Waals surface area contributed by atoms with E-state index in [-0.39, 0.29) is 24.0 Å². The molecule has 2 N–H and O–H groups in total. The lowest BCUT2D eigenvalue weighted by atomic mass is 10.2. The number of aromatic nitrogens is 4. The first-order chi connectivity index (χ1) is 15.2. The van der Waals surface area contributed by atoms with Crippen LogP contribution in [0.25, 0.3) is 0 Å². The van der Waals surface area contributed by atoms with Gasteiger partial charge in [-0.2, -0.15) is 0 Å². The first-order valence-electron chi connectivity index (χ1n) is 11.6. The Bertz CT molecular complexity index is 887. The molecule has 8 nitrogen and oxygen atoms in total. The average Bonchev–Trinajstić information content (AvgIpc) is 3.31. The fourth-order valence-electron chi connectivity index (χ4n) is 4.35. The highest BCUT2D eigenvalue weighted by atomic mass is 127. The van der Waals surface area contributed by atoms with Crippen LogP contribution in [0.4, 0.5) is 5.82 Å². The highest BCUT2D eigenvalue weighted by Gasteiger charge is 2.25. The van der Waals surface area contributed by atoms with Gasteiger partial charge in [0, 0.05) is 57.8 Å². The Morgan fingerprint density at radius 2 is 2.16 bits per heavy atom. The number of pyridine rings is 1. The molecule has 2 aromatic rings. The van der Waals surface area contributed by atoms with Crippen molar-refractivity contribution < 1.29 is 0 Å². The molecule has 0 aliphatic carbocycles. The van der Waals surface area contributed by atoms with E-state index in [1.807, 2.05) is 12.1 Å². The van der Waals surface area contributed by atoms with Crippen molar-refractivity contribution in [3.05, 3.63) is 35.0 Å². The number of hydrogen-bond donors (Lipinski definition) is 2. The molecule has 1 saturated heterocycles. The third kappa shape index (κ3) is 6.46. The molecule has 32 heavy (non-hydrogen) atoms. The summed E-state index contributed by atoms with van der Waals surface area (Å²) in [5.74, 6) is 4.01. The smallest absolute Gasteiger partial charge is 0.191 e. The van der Waals surface area contributed by atoms with E-state index in [0.717, 1.165) is 81.8 Å². The summed E-state index contributed by atoms with van der Waals surface area (Å²) < 4.78 is 2.33. The molecule has 4 rings (SSSR count). The minimum absolute atomic E-state index is 0. The molecule has 1 fully saturated rings. The van der Waals surface area contributed by atoms with E-state index in [1.54, 1.807) is 6.20 Å². The maximum absolute atomic E-state index is 6.32. The van der Waals surface area contributed by atoms with Crippen LogP contribution >= 0.6 is 35.6 Å². The Hall–Kier alpha value is -1.62. The molecule has 1 unspecified atom stereocenters. The molecule has 2 aliphatic heterocycles. The van der Waals surface area contributed by atoms with Gasteiger partial charge in [-0.3, -0.25) is 4.99 Å². The first kappa shape index (κ1) is 25.0. The van der Waals surface area contributed by atoms with Crippen molar-refractivity contribution in [1.82, 2.24) is 30.4 Å². The van der Waals surface area contributed by atoms with E-state index in [2.05, 4.69) is 42.2 Å². The molecule has 4 heterocycles. The zero-order chi connectivity index (χ0) is 21.5. The number of nitrogens with one attached hydrogen (secondary N) is 2. The van der Waals surface area contributed by atoms with Gasteiger partial charge in [0.15, 0.2) is 5.96 Å². The SMILES string of the molecule is CCNC(=NCCCc1nnc2n1CCCCC2)NC1CCN(c2ncccc2Cl)C1.I. The molecule has 0 amide bonds. The van der Waals surface area contributed by atoms with Crippen LogP contribution in [0, 0.1) is 0 Å². The Balaban J connectivity index is 0.00000289. The van der Waals surface area contributed by atoms with Crippen LogP contribution in [-0.2, 0) is 19.4 Å². The van der Waals surface area contributed by atoms with Gasteiger partial charge in [-0.05, 0) is 44.7 Å². The number of hydrogen-bond acceptors (Lipinski definition) is 5. The highest BCUT2D eigenvalue weighted by molar-refractivity contribution is 14.0. The summed E-state index contributed by atoms with van der Waals surface area (Å²) in [6, 6.07) is 4.08. The lowest BCUT2D eigenvalue weighted by Gasteiger charge is -2.20. The predicted molar refractivity (Wildman–Crippen MR) is 140 cm³/mol. The van der Waals surface area contributed by atoms with Gasteiger partial charge in [0.2, 0.25) is 0 Å². The summed E-state index contributed by atoms with van der Waals surface area (Å²) in [5, 5.41) is 16.5. The number of halogens is 2. The van der Waals surface area contributed by atoms with Crippen molar-refractivity contribution in [1.29, 1.82) is 0 Å². The fourth-order valence-corrected chi connectivity index (χ4v) is 4.59. The first-order valence-corrected chi connectivity index (χ1v) is 11.9. The number of rotatable bonds is 7. The minimum atomic E-state index is 0. The third-order valence-corrected chi connectivity index (χ3v) is 6.22. The van der Waals surface area contributed by atoms with Gasteiger partial charge >= 0.3 is 0 Å². The summed E-state index contributed by atoms with van der Waals surface area (Å²) in [4.78, 5) is 11.5. The Labute approximate surface area is 212 Å². The summed E-state index contributed by atoms with van der Waals surface area (Å²) in [6.45, 7) is 6.56. The second kappa shape index (κ2) is 12.6. The van der Waals surface area contributed by atoms with E-state index in [9.17, 15) is 0 Å². The van der Waals surface area contributed by atoms with Crippen molar-refractivity contribution in [2.75, 3.05) is 31.1 Å². The average molecular weight is 573 g/mol. The van der Waals surface area contributed by atoms with Crippen molar-refractivity contribution in [2.24, 2.45) is 4.99 Å². The second-order valence-corrected chi connectivity index (χ2v) is 8.65. The van der Waals surface area contributed by atoms with Crippen LogP contribution in [0.1, 0.15) is 50.7 Å². The number of anilines is 1. The van der Waals surface area contributed by atoms with Gasteiger partial charge in [0.25, 0.3) is 0 Å².